The summed E-state index contributed by atoms with van der Waals surface area (Å²) in [5.41, 5.74) is 0. The van der Waals surface area contributed by atoms with Crippen molar-refractivity contribution < 1.29 is 9.53 Å². The fraction of sp³-hybridized carbons (Fsp3) is 0.786. The van der Waals surface area contributed by atoms with Crippen molar-refractivity contribution in [1.29, 1.82) is 0 Å². The van der Waals surface area contributed by atoms with E-state index in [9.17, 15) is 4.79 Å². The molecule has 0 aromatic heterocycles. The molecule has 1 atom stereocenters. The summed E-state index contributed by atoms with van der Waals surface area (Å²) in [6.45, 7) is 10.1. The molecular formula is C14H29NO2Sn. The van der Waals surface area contributed by atoms with Crippen molar-refractivity contribution in [3.05, 3.63) is 12.2 Å². The van der Waals surface area contributed by atoms with Crippen molar-refractivity contribution >= 4 is 24.5 Å². The van der Waals surface area contributed by atoms with Crippen LogP contribution < -0.4 is 0 Å². The van der Waals surface area contributed by atoms with Gasteiger partial charge in [0, 0.05) is 0 Å². The molecule has 0 bridgehead atoms. The van der Waals surface area contributed by atoms with Gasteiger partial charge in [-0.25, -0.2) is 0 Å². The Hall–Kier alpha value is -0.191. The fourth-order valence-corrected chi connectivity index (χ4v) is 5.36. The van der Waals surface area contributed by atoms with Gasteiger partial charge < -0.3 is 0 Å². The molecule has 106 valence electrons. The van der Waals surface area contributed by atoms with Gasteiger partial charge in [-0.3, -0.25) is 0 Å². The molecule has 0 radical (unpaired) electrons. The van der Waals surface area contributed by atoms with Crippen LogP contribution in [0, 0.1) is 0 Å². The van der Waals surface area contributed by atoms with Crippen LogP contribution in [0.5, 0.6) is 0 Å². The zero-order valence-corrected chi connectivity index (χ0v) is 16.0. The van der Waals surface area contributed by atoms with Crippen LogP contribution in [-0.4, -0.2) is 45.6 Å². The standard InChI is InChI=1S/C11H20NO2.3CH3.Sn/c1-6-7-8-14-11(13)12(9(2)3)10(4)5;;;;/h6-10H,1-5H3;3*1H3;/b7-6+;;;;. The fourth-order valence-electron chi connectivity index (χ4n) is 1.87. The third-order valence-electron chi connectivity index (χ3n) is 2.77. The first-order valence-corrected chi connectivity index (χ1v) is 16.9. The summed E-state index contributed by atoms with van der Waals surface area (Å²) in [6, 6.07) is 0.331. The van der Waals surface area contributed by atoms with E-state index in [1.165, 1.54) is 0 Å². The molecule has 4 heteroatoms. The zero-order chi connectivity index (χ0) is 14.5. The molecule has 1 amide bonds. The SMILES string of the molecule is C/C=C/[C@H](OC(=O)N(C(C)C)C(C)C)[Sn]([CH3])([CH3])[CH3]. The molecule has 0 heterocycles. The zero-order valence-electron chi connectivity index (χ0n) is 13.2. The summed E-state index contributed by atoms with van der Waals surface area (Å²) >= 11 is -2.28. The van der Waals surface area contributed by atoms with E-state index in [4.69, 9.17) is 4.74 Å². The van der Waals surface area contributed by atoms with Crippen LogP contribution in [0.2, 0.25) is 14.8 Å². The molecule has 0 aromatic rings. The molecule has 0 N–H and O–H groups in total. The number of ether oxygens (including phenoxy) is 1. The summed E-state index contributed by atoms with van der Waals surface area (Å²) in [4.78, 5) is 20.9. The van der Waals surface area contributed by atoms with E-state index in [-0.39, 0.29) is 22.3 Å². The Balaban J connectivity index is 4.89. The minimum absolute atomic E-state index is 0.0109. The summed E-state index contributed by atoms with van der Waals surface area (Å²) in [5.74, 6) is 0. The Bertz CT molecular complexity index is 285. The quantitative estimate of drug-likeness (QED) is 0.545. The second-order valence-corrected chi connectivity index (χ2v) is 21.4. The van der Waals surface area contributed by atoms with Crippen LogP contribution in [0.15, 0.2) is 12.2 Å². The molecule has 0 aliphatic carbocycles. The van der Waals surface area contributed by atoms with Gasteiger partial charge in [0.2, 0.25) is 0 Å². The van der Waals surface area contributed by atoms with Gasteiger partial charge in [0.15, 0.2) is 0 Å². The maximum atomic E-state index is 12.3. The van der Waals surface area contributed by atoms with Crippen LogP contribution in [-0.2, 0) is 4.74 Å². The number of carbonyl (C=O) groups is 1. The average molecular weight is 362 g/mol. The maximum absolute atomic E-state index is 12.3. The molecule has 0 aromatic carbocycles. The van der Waals surface area contributed by atoms with Gasteiger partial charge in [-0.15, -0.1) is 0 Å². The van der Waals surface area contributed by atoms with Gasteiger partial charge >= 0.3 is 117 Å². The third kappa shape index (κ3) is 5.63. The molecule has 3 nitrogen and oxygen atoms in total. The molecule has 0 spiro atoms. The van der Waals surface area contributed by atoms with E-state index in [0.29, 0.717) is 0 Å². The average Bonchev–Trinajstić information content (AvgIpc) is 2.13. The first-order chi connectivity index (χ1) is 8.11. The van der Waals surface area contributed by atoms with Crippen LogP contribution >= 0.6 is 0 Å². The normalized spacial score (nSPS) is 14.3. The minimum atomic E-state index is -2.28. The second kappa shape index (κ2) is 7.41. The van der Waals surface area contributed by atoms with E-state index in [0.717, 1.165) is 0 Å². The molecular weight excluding hydrogens is 333 g/mol. The van der Waals surface area contributed by atoms with Crippen molar-refractivity contribution in [2.24, 2.45) is 0 Å². The van der Waals surface area contributed by atoms with Crippen LogP contribution in [0.4, 0.5) is 4.79 Å². The van der Waals surface area contributed by atoms with Crippen molar-refractivity contribution in [2.45, 2.75) is 65.6 Å². The van der Waals surface area contributed by atoms with Gasteiger partial charge in [-0.05, 0) is 0 Å². The number of hydrogen-bond acceptors (Lipinski definition) is 2. The van der Waals surface area contributed by atoms with E-state index in [1.54, 1.807) is 4.90 Å². The number of hydrogen-bond donors (Lipinski definition) is 0. The molecule has 0 unspecified atom stereocenters. The van der Waals surface area contributed by atoms with E-state index in [1.807, 2.05) is 46.8 Å². The van der Waals surface area contributed by atoms with E-state index < -0.39 is 18.4 Å². The number of carbonyl (C=O) groups excluding carboxylic acids is 1. The van der Waals surface area contributed by atoms with Crippen LogP contribution in [0.3, 0.4) is 0 Å². The third-order valence-corrected chi connectivity index (χ3v) is 8.53. The van der Waals surface area contributed by atoms with Gasteiger partial charge in [-0.2, -0.15) is 0 Å². The predicted octanol–water partition coefficient (Wildman–Crippen LogP) is 4.06. The van der Waals surface area contributed by atoms with Gasteiger partial charge in [0.05, 0.1) is 0 Å². The Morgan fingerprint density at radius 2 is 1.56 bits per heavy atom. The number of nitrogens with zero attached hydrogens (tertiary/aromatic N) is 1. The predicted molar refractivity (Wildman–Crippen MR) is 80.5 cm³/mol. The number of rotatable bonds is 5. The molecule has 0 saturated carbocycles. The molecule has 0 saturated heterocycles. The van der Waals surface area contributed by atoms with Gasteiger partial charge in [0.25, 0.3) is 0 Å². The number of amides is 1. The summed E-state index contributed by atoms with van der Waals surface area (Å²) in [7, 11) is 0. The van der Waals surface area contributed by atoms with Crippen molar-refractivity contribution in [3.8, 4) is 0 Å². The van der Waals surface area contributed by atoms with Crippen molar-refractivity contribution in [2.75, 3.05) is 0 Å². The Kier molecular flexibility index (Phi) is 7.33. The topological polar surface area (TPSA) is 29.5 Å². The summed E-state index contributed by atoms with van der Waals surface area (Å²) < 4.78 is 5.74. The van der Waals surface area contributed by atoms with E-state index in [2.05, 4.69) is 14.8 Å². The Labute approximate surface area is 116 Å². The Morgan fingerprint density at radius 1 is 1.11 bits per heavy atom. The summed E-state index contributed by atoms with van der Waals surface area (Å²) in [5, 5.41) is 0. The van der Waals surface area contributed by atoms with E-state index >= 15 is 0 Å². The number of allylic oxidation sites excluding steroid dienone is 1. The van der Waals surface area contributed by atoms with Gasteiger partial charge in [0.1, 0.15) is 0 Å². The Morgan fingerprint density at radius 3 is 1.83 bits per heavy atom. The molecule has 18 heavy (non-hydrogen) atoms. The van der Waals surface area contributed by atoms with Crippen molar-refractivity contribution in [3.63, 3.8) is 0 Å². The second-order valence-electron chi connectivity index (χ2n) is 6.29. The first kappa shape index (κ1) is 17.8. The monoisotopic (exact) mass is 363 g/mol. The molecule has 0 aliphatic heterocycles. The van der Waals surface area contributed by atoms with Crippen molar-refractivity contribution in [1.82, 2.24) is 4.90 Å². The van der Waals surface area contributed by atoms with Crippen LogP contribution in [0.1, 0.15) is 34.6 Å². The molecule has 0 fully saturated rings. The summed E-state index contributed by atoms with van der Waals surface area (Å²) in [6.07, 6.45) is 3.83. The van der Waals surface area contributed by atoms with Crippen LogP contribution in [0.25, 0.3) is 0 Å². The molecule has 0 rings (SSSR count). The molecule has 0 aliphatic rings. The first-order valence-electron chi connectivity index (χ1n) is 6.73. The van der Waals surface area contributed by atoms with Gasteiger partial charge in [-0.1, -0.05) is 0 Å².